The highest BCUT2D eigenvalue weighted by molar-refractivity contribution is 9.10. The third-order valence-corrected chi connectivity index (χ3v) is 7.97. The Labute approximate surface area is 170 Å². The van der Waals surface area contributed by atoms with Crippen LogP contribution in [-0.4, -0.2) is 74.2 Å². The molecule has 3 rings (SSSR count). The van der Waals surface area contributed by atoms with E-state index in [4.69, 9.17) is 0 Å². The number of hydrogen-bond acceptors (Lipinski definition) is 4. The van der Waals surface area contributed by atoms with Crippen molar-refractivity contribution in [2.45, 2.75) is 25.5 Å². The van der Waals surface area contributed by atoms with Gasteiger partial charge in [-0.1, -0.05) is 35.0 Å². The number of amides is 1. The molecule has 27 heavy (non-hydrogen) atoms. The van der Waals surface area contributed by atoms with E-state index in [-0.39, 0.29) is 17.6 Å². The lowest BCUT2D eigenvalue weighted by molar-refractivity contribution is -0.138. The van der Waals surface area contributed by atoms with Gasteiger partial charge in [-0.25, -0.2) is 12.7 Å². The lowest BCUT2D eigenvalue weighted by atomic mass is 9.96. The smallest absolute Gasteiger partial charge is 0.225 e. The van der Waals surface area contributed by atoms with Crippen LogP contribution in [0.5, 0.6) is 0 Å². The van der Waals surface area contributed by atoms with Crippen molar-refractivity contribution in [3.63, 3.8) is 0 Å². The van der Waals surface area contributed by atoms with Gasteiger partial charge in [-0.05, 0) is 37.1 Å². The number of sulfonamides is 1. The fourth-order valence-corrected chi connectivity index (χ4v) is 5.63. The third-order valence-electron chi connectivity index (χ3n) is 5.59. The van der Waals surface area contributed by atoms with Crippen molar-refractivity contribution in [3.05, 3.63) is 34.3 Å². The monoisotopic (exact) mass is 457 g/mol. The number of hydrogen-bond donors (Lipinski definition) is 0. The summed E-state index contributed by atoms with van der Waals surface area (Å²) in [4.78, 5) is 17.1. The minimum atomic E-state index is -3.35. The lowest BCUT2D eigenvalue weighted by Crippen LogP contribution is -2.51. The van der Waals surface area contributed by atoms with Gasteiger partial charge in [-0.2, -0.15) is 0 Å². The molecule has 1 aromatic carbocycles. The highest BCUT2D eigenvalue weighted by atomic mass is 79.9. The Morgan fingerprint density at radius 3 is 2.19 bits per heavy atom. The van der Waals surface area contributed by atoms with Crippen LogP contribution in [0.3, 0.4) is 0 Å². The molecule has 0 aromatic heterocycles. The second-order valence-corrected chi connectivity index (χ2v) is 10.2. The lowest BCUT2D eigenvalue weighted by Gasteiger charge is -2.38. The maximum atomic E-state index is 12.8. The Kier molecular flexibility index (Phi) is 6.94. The number of likely N-dealkylation sites (N-methyl/N-ethyl adjacent to an activating group) is 1. The van der Waals surface area contributed by atoms with E-state index in [0.717, 1.165) is 42.8 Å². The van der Waals surface area contributed by atoms with Gasteiger partial charge in [-0.3, -0.25) is 4.79 Å². The zero-order valence-corrected chi connectivity index (χ0v) is 18.2. The summed E-state index contributed by atoms with van der Waals surface area (Å²) in [6, 6.07) is 7.36. The summed E-state index contributed by atoms with van der Waals surface area (Å²) >= 11 is 3.36. The second kappa shape index (κ2) is 9.03. The van der Waals surface area contributed by atoms with Crippen LogP contribution >= 0.6 is 15.9 Å². The quantitative estimate of drug-likeness (QED) is 0.679. The van der Waals surface area contributed by atoms with Gasteiger partial charge < -0.3 is 9.80 Å². The third kappa shape index (κ3) is 5.31. The minimum absolute atomic E-state index is 0.0118. The minimum Gasteiger partial charge on any atom is -0.340 e. The van der Waals surface area contributed by atoms with Crippen molar-refractivity contribution < 1.29 is 13.2 Å². The summed E-state index contributed by atoms with van der Waals surface area (Å²) in [5, 5.41) is 0. The van der Waals surface area contributed by atoms with Gasteiger partial charge in [0.05, 0.1) is 5.75 Å². The molecule has 2 heterocycles. The molecular formula is C19H28BrN3O3S. The molecule has 1 aromatic rings. The average molecular weight is 458 g/mol. The summed E-state index contributed by atoms with van der Waals surface area (Å²) in [5.74, 6) is 0.172. The van der Waals surface area contributed by atoms with Gasteiger partial charge in [0.2, 0.25) is 15.9 Å². The maximum Gasteiger partial charge on any atom is 0.225 e. The topological polar surface area (TPSA) is 60.9 Å². The van der Waals surface area contributed by atoms with Gasteiger partial charge in [0, 0.05) is 49.7 Å². The molecule has 2 aliphatic rings. The van der Waals surface area contributed by atoms with E-state index >= 15 is 0 Å². The van der Waals surface area contributed by atoms with Crippen molar-refractivity contribution in [2.24, 2.45) is 5.92 Å². The molecule has 0 radical (unpaired) electrons. The van der Waals surface area contributed by atoms with Crippen molar-refractivity contribution in [1.82, 2.24) is 14.1 Å². The van der Waals surface area contributed by atoms with E-state index in [1.165, 1.54) is 0 Å². The fraction of sp³-hybridized carbons (Fsp3) is 0.632. The highest BCUT2D eigenvalue weighted by Gasteiger charge is 2.33. The summed E-state index contributed by atoms with van der Waals surface area (Å²) in [7, 11) is -3.35. The van der Waals surface area contributed by atoms with Gasteiger partial charge in [0.15, 0.2) is 0 Å². The van der Waals surface area contributed by atoms with Crippen molar-refractivity contribution in [2.75, 3.05) is 45.8 Å². The van der Waals surface area contributed by atoms with Crippen LogP contribution < -0.4 is 0 Å². The van der Waals surface area contributed by atoms with Gasteiger partial charge in [0.25, 0.3) is 0 Å². The van der Waals surface area contributed by atoms with E-state index in [2.05, 4.69) is 27.8 Å². The molecule has 2 aliphatic heterocycles. The average Bonchev–Trinajstić information content (AvgIpc) is 2.69. The first kappa shape index (κ1) is 20.8. The van der Waals surface area contributed by atoms with E-state index in [9.17, 15) is 13.2 Å². The van der Waals surface area contributed by atoms with Gasteiger partial charge in [-0.15, -0.1) is 0 Å². The zero-order valence-electron chi connectivity index (χ0n) is 15.8. The molecule has 6 nitrogen and oxygen atoms in total. The first-order chi connectivity index (χ1) is 12.9. The largest absolute Gasteiger partial charge is 0.340 e. The number of carbonyl (C=O) groups is 1. The fourth-order valence-electron chi connectivity index (χ4n) is 3.81. The van der Waals surface area contributed by atoms with Crippen LogP contribution in [0, 0.1) is 5.92 Å². The highest BCUT2D eigenvalue weighted by Crippen LogP contribution is 2.24. The maximum absolute atomic E-state index is 12.8. The van der Waals surface area contributed by atoms with E-state index < -0.39 is 10.0 Å². The Balaban J connectivity index is 1.52. The van der Waals surface area contributed by atoms with Crippen LogP contribution in [-0.2, 0) is 20.6 Å². The van der Waals surface area contributed by atoms with Crippen molar-refractivity contribution >= 4 is 31.9 Å². The number of piperidine rings is 1. The first-order valence-electron chi connectivity index (χ1n) is 9.62. The predicted molar refractivity (Wildman–Crippen MR) is 110 cm³/mol. The van der Waals surface area contributed by atoms with Crippen LogP contribution in [0.2, 0.25) is 0 Å². The van der Waals surface area contributed by atoms with Crippen LogP contribution in [0.15, 0.2) is 28.7 Å². The molecule has 0 atom stereocenters. The summed E-state index contributed by atoms with van der Waals surface area (Å²) in [6.07, 6.45) is 1.23. The van der Waals surface area contributed by atoms with E-state index in [1.54, 1.807) is 4.31 Å². The molecule has 8 heteroatoms. The molecule has 2 fully saturated rings. The van der Waals surface area contributed by atoms with E-state index in [1.807, 2.05) is 29.2 Å². The molecule has 0 spiro atoms. The molecule has 0 saturated carbocycles. The number of benzene rings is 1. The predicted octanol–water partition coefficient (Wildman–Crippen LogP) is 2.16. The van der Waals surface area contributed by atoms with Crippen LogP contribution in [0.1, 0.15) is 25.3 Å². The summed E-state index contributed by atoms with van der Waals surface area (Å²) in [6.45, 7) is 7.47. The molecule has 0 N–H and O–H groups in total. The molecular weight excluding hydrogens is 430 g/mol. The molecule has 150 valence electrons. The Hall–Kier alpha value is -0.960. The Morgan fingerprint density at radius 1 is 1.04 bits per heavy atom. The van der Waals surface area contributed by atoms with Gasteiger partial charge >= 0.3 is 0 Å². The number of piperazine rings is 1. The summed E-state index contributed by atoms with van der Waals surface area (Å²) in [5.41, 5.74) is 0.783. The SMILES string of the molecule is CCN1CCN(C(=O)C2CCN(S(=O)(=O)Cc3ccc(Br)cc3)CC2)CC1. The number of rotatable bonds is 5. The molecule has 0 aliphatic carbocycles. The Bertz CT molecular complexity index is 738. The van der Waals surface area contributed by atoms with Crippen LogP contribution in [0.25, 0.3) is 0 Å². The molecule has 0 bridgehead atoms. The second-order valence-electron chi connectivity index (χ2n) is 7.32. The first-order valence-corrected chi connectivity index (χ1v) is 12.0. The van der Waals surface area contributed by atoms with Crippen molar-refractivity contribution in [1.29, 1.82) is 0 Å². The Morgan fingerprint density at radius 2 is 1.63 bits per heavy atom. The summed E-state index contributed by atoms with van der Waals surface area (Å²) < 4.78 is 27.9. The standard InChI is InChI=1S/C19H28BrN3O3S/c1-2-21-11-13-22(14-12-21)19(24)17-7-9-23(10-8-17)27(25,26)15-16-3-5-18(20)6-4-16/h3-6,17H,2,7-15H2,1H3. The van der Waals surface area contributed by atoms with Crippen LogP contribution in [0.4, 0.5) is 0 Å². The van der Waals surface area contributed by atoms with Gasteiger partial charge in [0.1, 0.15) is 0 Å². The number of nitrogens with zero attached hydrogens (tertiary/aromatic N) is 3. The number of carbonyl (C=O) groups excluding carboxylic acids is 1. The molecule has 2 saturated heterocycles. The normalized spacial score (nSPS) is 20.7. The molecule has 1 amide bonds. The van der Waals surface area contributed by atoms with Crippen molar-refractivity contribution in [3.8, 4) is 0 Å². The number of halogens is 1. The van der Waals surface area contributed by atoms with E-state index in [0.29, 0.717) is 25.9 Å². The zero-order chi connectivity index (χ0) is 19.4. The molecule has 0 unspecified atom stereocenters.